The molecule has 0 saturated heterocycles. The highest BCUT2D eigenvalue weighted by molar-refractivity contribution is 5.19. The van der Waals surface area contributed by atoms with Gasteiger partial charge in [-0.2, -0.15) is 0 Å². The molecular weight excluding hydrogens is 213 g/mol. The quantitative estimate of drug-likeness (QED) is 0.834. The highest BCUT2D eigenvalue weighted by Crippen LogP contribution is 2.30. The van der Waals surface area contributed by atoms with Crippen molar-refractivity contribution in [1.29, 1.82) is 0 Å². The van der Waals surface area contributed by atoms with Crippen LogP contribution in [0.1, 0.15) is 44.7 Å². The van der Waals surface area contributed by atoms with Crippen LogP contribution in [0.4, 0.5) is 4.39 Å². The molecule has 1 nitrogen and oxygen atoms in total. The predicted molar refractivity (Wildman–Crippen MR) is 69.3 cm³/mol. The summed E-state index contributed by atoms with van der Waals surface area (Å²) >= 11 is 0. The lowest BCUT2D eigenvalue weighted by Crippen LogP contribution is -2.24. The zero-order valence-corrected chi connectivity index (χ0v) is 10.7. The minimum atomic E-state index is -0.162. The molecule has 1 aliphatic carbocycles. The summed E-state index contributed by atoms with van der Waals surface area (Å²) in [7, 11) is 0. The van der Waals surface area contributed by atoms with Crippen LogP contribution in [0.5, 0.6) is 0 Å². The fourth-order valence-electron chi connectivity index (χ4n) is 2.72. The maximum absolute atomic E-state index is 12.8. The van der Waals surface area contributed by atoms with Gasteiger partial charge in [0.05, 0.1) is 0 Å². The molecule has 0 bridgehead atoms. The van der Waals surface area contributed by atoms with Gasteiger partial charge >= 0.3 is 0 Å². The van der Waals surface area contributed by atoms with Gasteiger partial charge in [0, 0.05) is 6.04 Å². The van der Waals surface area contributed by atoms with Gasteiger partial charge in [0.15, 0.2) is 0 Å². The van der Waals surface area contributed by atoms with Crippen LogP contribution in [0.3, 0.4) is 0 Å². The maximum atomic E-state index is 12.8. The number of rotatable bonds is 4. The van der Waals surface area contributed by atoms with Crippen molar-refractivity contribution in [2.24, 2.45) is 11.8 Å². The number of nitrogens with one attached hydrogen (secondary N) is 1. The van der Waals surface area contributed by atoms with Crippen LogP contribution < -0.4 is 5.32 Å². The maximum Gasteiger partial charge on any atom is 0.123 e. The molecule has 0 heterocycles. The SMILES string of the molecule is CC1CCC(CNC(C)c2ccc(F)cc2)C1. The fraction of sp³-hybridized carbons (Fsp3) is 0.600. The molecule has 2 rings (SSSR count). The second kappa shape index (κ2) is 5.63. The van der Waals surface area contributed by atoms with E-state index in [2.05, 4.69) is 19.2 Å². The van der Waals surface area contributed by atoms with E-state index in [-0.39, 0.29) is 5.82 Å². The van der Waals surface area contributed by atoms with Crippen LogP contribution in [0.25, 0.3) is 0 Å². The van der Waals surface area contributed by atoms with E-state index in [1.807, 2.05) is 12.1 Å². The zero-order valence-electron chi connectivity index (χ0n) is 10.7. The Balaban J connectivity index is 1.81. The Morgan fingerprint density at radius 2 is 2.00 bits per heavy atom. The van der Waals surface area contributed by atoms with Crippen LogP contribution in [0.2, 0.25) is 0 Å². The van der Waals surface area contributed by atoms with E-state index >= 15 is 0 Å². The standard InChI is InChI=1S/C15H22FN/c1-11-3-4-13(9-11)10-17-12(2)14-5-7-15(16)8-6-14/h5-8,11-13,17H,3-4,9-10H2,1-2H3. The Kier molecular flexibility index (Phi) is 4.16. The number of benzene rings is 1. The minimum absolute atomic E-state index is 0.162. The van der Waals surface area contributed by atoms with E-state index in [1.165, 1.54) is 31.4 Å². The van der Waals surface area contributed by atoms with Gasteiger partial charge in [0.1, 0.15) is 5.82 Å². The van der Waals surface area contributed by atoms with E-state index < -0.39 is 0 Å². The van der Waals surface area contributed by atoms with Crippen molar-refractivity contribution >= 4 is 0 Å². The molecule has 0 spiro atoms. The molecule has 0 aromatic heterocycles. The topological polar surface area (TPSA) is 12.0 Å². The van der Waals surface area contributed by atoms with Crippen LogP contribution in [0.15, 0.2) is 24.3 Å². The average Bonchev–Trinajstić information content (AvgIpc) is 2.73. The predicted octanol–water partition coefficient (Wildman–Crippen LogP) is 3.91. The number of halogens is 1. The smallest absolute Gasteiger partial charge is 0.123 e. The largest absolute Gasteiger partial charge is 0.310 e. The molecule has 1 aliphatic rings. The van der Waals surface area contributed by atoms with Gasteiger partial charge in [-0.15, -0.1) is 0 Å². The van der Waals surface area contributed by atoms with Crippen molar-refractivity contribution in [1.82, 2.24) is 5.32 Å². The molecule has 1 N–H and O–H groups in total. The first-order valence-corrected chi connectivity index (χ1v) is 6.64. The first-order valence-electron chi connectivity index (χ1n) is 6.64. The van der Waals surface area contributed by atoms with Gasteiger partial charge in [0.2, 0.25) is 0 Å². The molecule has 1 saturated carbocycles. The summed E-state index contributed by atoms with van der Waals surface area (Å²) in [5, 5.41) is 3.56. The molecule has 0 radical (unpaired) electrons. The fourth-order valence-corrected chi connectivity index (χ4v) is 2.72. The van der Waals surface area contributed by atoms with Crippen LogP contribution in [0, 0.1) is 17.7 Å². The van der Waals surface area contributed by atoms with Gasteiger partial charge in [-0.25, -0.2) is 4.39 Å². The molecule has 1 aromatic rings. The van der Waals surface area contributed by atoms with Crippen LogP contribution in [-0.4, -0.2) is 6.54 Å². The summed E-state index contributed by atoms with van der Waals surface area (Å²) in [5.41, 5.74) is 1.16. The molecule has 1 fully saturated rings. The summed E-state index contributed by atoms with van der Waals surface area (Å²) in [6.45, 7) is 5.57. The molecule has 2 heteroatoms. The third-order valence-electron chi connectivity index (χ3n) is 3.89. The lowest BCUT2D eigenvalue weighted by atomic mass is 10.0. The minimum Gasteiger partial charge on any atom is -0.310 e. The molecule has 1 aromatic carbocycles. The van der Waals surface area contributed by atoms with Crippen LogP contribution >= 0.6 is 0 Å². The normalized spacial score (nSPS) is 26.1. The third kappa shape index (κ3) is 3.53. The van der Waals surface area contributed by atoms with Crippen molar-refractivity contribution in [3.05, 3.63) is 35.6 Å². The van der Waals surface area contributed by atoms with Gasteiger partial charge in [-0.1, -0.05) is 25.5 Å². The van der Waals surface area contributed by atoms with Crippen LogP contribution in [-0.2, 0) is 0 Å². The summed E-state index contributed by atoms with van der Waals surface area (Å²) in [5.74, 6) is 1.56. The monoisotopic (exact) mass is 235 g/mol. The lowest BCUT2D eigenvalue weighted by Gasteiger charge is -2.17. The van der Waals surface area contributed by atoms with E-state index in [1.54, 1.807) is 0 Å². The second-order valence-electron chi connectivity index (χ2n) is 5.47. The Bertz CT molecular complexity index is 346. The molecule has 94 valence electrons. The molecule has 3 atom stereocenters. The highest BCUT2D eigenvalue weighted by atomic mass is 19.1. The van der Waals surface area contributed by atoms with E-state index in [4.69, 9.17) is 0 Å². The van der Waals surface area contributed by atoms with E-state index in [0.717, 1.165) is 23.9 Å². The summed E-state index contributed by atoms with van der Waals surface area (Å²) in [6, 6.07) is 7.11. The number of hydrogen-bond acceptors (Lipinski definition) is 1. The highest BCUT2D eigenvalue weighted by Gasteiger charge is 2.21. The first-order chi connectivity index (χ1) is 8.15. The van der Waals surface area contributed by atoms with Gasteiger partial charge < -0.3 is 5.32 Å². The second-order valence-corrected chi connectivity index (χ2v) is 5.47. The lowest BCUT2D eigenvalue weighted by molar-refractivity contribution is 0.440. The van der Waals surface area contributed by atoms with Crippen molar-refractivity contribution < 1.29 is 4.39 Å². The number of hydrogen-bond donors (Lipinski definition) is 1. The average molecular weight is 235 g/mol. The first kappa shape index (κ1) is 12.6. The van der Waals surface area contributed by atoms with E-state index in [0.29, 0.717) is 6.04 Å². The molecule has 17 heavy (non-hydrogen) atoms. The van der Waals surface area contributed by atoms with Gasteiger partial charge in [0.25, 0.3) is 0 Å². The Morgan fingerprint density at radius 1 is 1.29 bits per heavy atom. The molecule has 0 amide bonds. The Labute approximate surface area is 103 Å². The van der Waals surface area contributed by atoms with Gasteiger partial charge in [-0.3, -0.25) is 0 Å². The van der Waals surface area contributed by atoms with Gasteiger partial charge in [-0.05, 0) is 55.8 Å². The van der Waals surface area contributed by atoms with Crippen molar-refractivity contribution in [3.8, 4) is 0 Å². The Hall–Kier alpha value is -0.890. The molecule has 3 unspecified atom stereocenters. The third-order valence-corrected chi connectivity index (χ3v) is 3.89. The van der Waals surface area contributed by atoms with Crippen molar-refractivity contribution in [2.45, 2.75) is 39.2 Å². The summed E-state index contributed by atoms with van der Waals surface area (Å²) in [4.78, 5) is 0. The summed E-state index contributed by atoms with van der Waals surface area (Å²) < 4.78 is 12.8. The summed E-state index contributed by atoms with van der Waals surface area (Å²) in [6.07, 6.45) is 4.07. The molecule has 0 aliphatic heterocycles. The molecular formula is C15H22FN. The Morgan fingerprint density at radius 3 is 2.59 bits per heavy atom. The van der Waals surface area contributed by atoms with Crippen molar-refractivity contribution in [3.63, 3.8) is 0 Å². The van der Waals surface area contributed by atoms with Crippen molar-refractivity contribution in [2.75, 3.05) is 6.54 Å². The zero-order chi connectivity index (χ0) is 12.3. The van der Waals surface area contributed by atoms with E-state index in [9.17, 15) is 4.39 Å².